The lowest BCUT2D eigenvalue weighted by atomic mass is 10.0. The average molecular weight is 418 g/mol. The van der Waals surface area contributed by atoms with E-state index in [0.29, 0.717) is 13.0 Å². The zero-order valence-electron chi connectivity index (χ0n) is 17.7. The molecule has 0 radical (unpaired) electrons. The van der Waals surface area contributed by atoms with E-state index >= 15 is 0 Å². The van der Waals surface area contributed by atoms with Crippen LogP contribution in [0.5, 0.6) is 0 Å². The molecule has 1 atom stereocenters. The molecule has 6 rings (SSSR count). The van der Waals surface area contributed by atoms with Crippen LogP contribution in [0.1, 0.15) is 23.7 Å². The van der Waals surface area contributed by atoms with Gasteiger partial charge in [-0.05, 0) is 40.6 Å². The molecule has 1 saturated heterocycles. The Morgan fingerprint density at radius 3 is 2.47 bits per heavy atom. The van der Waals surface area contributed by atoms with Crippen LogP contribution in [0, 0.1) is 0 Å². The second-order valence-corrected chi connectivity index (χ2v) is 8.42. The number of amides is 1. The van der Waals surface area contributed by atoms with E-state index in [-0.39, 0.29) is 11.8 Å². The number of para-hydroxylation sites is 3. The minimum atomic E-state index is 0.0603. The quantitative estimate of drug-likeness (QED) is 0.373. The normalized spacial score (nSPS) is 16.3. The van der Waals surface area contributed by atoms with Crippen LogP contribution in [-0.4, -0.2) is 22.0 Å². The summed E-state index contributed by atoms with van der Waals surface area (Å²) in [5, 5.41) is 2.49. The van der Waals surface area contributed by atoms with Gasteiger partial charge in [-0.1, -0.05) is 72.8 Å². The largest absolute Gasteiger partial charge is 0.323 e. The number of fused-ring (bicyclic) bond motifs is 2. The van der Waals surface area contributed by atoms with Gasteiger partial charge in [0.25, 0.3) is 0 Å². The van der Waals surface area contributed by atoms with E-state index in [4.69, 9.17) is 4.98 Å². The van der Waals surface area contributed by atoms with Crippen molar-refractivity contribution >= 4 is 33.4 Å². The summed E-state index contributed by atoms with van der Waals surface area (Å²) in [6.45, 7) is 1.38. The minimum Gasteiger partial charge on any atom is -0.323 e. The Kier molecular flexibility index (Phi) is 4.50. The Bertz CT molecular complexity index is 1430. The van der Waals surface area contributed by atoms with Crippen molar-refractivity contribution in [3.05, 3.63) is 108 Å². The zero-order chi connectivity index (χ0) is 21.5. The summed E-state index contributed by atoms with van der Waals surface area (Å²) in [7, 11) is 0. The second-order valence-electron chi connectivity index (χ2n) is 8.42. The molecule has 0 spiro atoms. The van der Waals surface area contributed by atoms with Crippen LogP contribution in [0.25, 0.3) is 21.8 Å². The Morgan fingerprint density at radius 2 is 1.56 bits per heavy atom. The predicted octanol–water partition coefficient (Wildman–Crippen LogP) is 5.76. The Balaban J connectivity index is 1.43. The van der Waals surface area contributed by atoms with E-state index < -0.39 is 0 Å². The van der Waals surface area contributed by atoms with Crippen molar-refractivity contribution in [1.82, 2.24) is 9.55 Å². The molecule has 0 N–H and O–H groups in total. The smallest absolute Gasteiger partial charge is 0.227 e. The molecule has 1 fully saturated rings. The number of imidazole rings is 1. The molecule has 2 heterocycles. The maximum atomic E-state index is 12.9. The van der Waals surface area contributed by atoms with Crippen molar-refractivity contribution in [3.8, 4) is 0 Å². The molecule has 1 aromatic heterocycles. The zero-order valence-corrected chi connectivity index (χ0v) is 17.7. The molecule has 0 unspecified atom stereocenters. The third kappa shape index (κ3) is 3.16. The van der Waals surface area contributed by atoms with E-state index in [9.17, 15) is 4.79 Å². The summed E-state index contributed by atoms with van der Waals surface area (Å²) in [6.07, 6.45) is 0.480. The molecule has 1 aliphatic heterocycles. The SMILES string of the molecule is O=C1C[C@@H](c2nc3ccccc3n2Cc2cccc3ccccc23)CN1c1ccccc1. The molecule has 4 aromatic carbocycles. The number of hydrogen-bond donors (Lipinski definition) is 0. The number of nitrogens with zero attached hydrogens (tertiary/aromatic N) is 3. The first-order chi connectivity index (χ1) is 15.8. The third-order valence-corrected chi connectivity index (χ3v) is 6.45. The number of rotatable bonds is 4. The molecule has 1 amide bonds. The van der Waals surface area contributed by atoms with Gasteiger partial charge in [0, 0.05) is 31.1 Å². The number of anilines is 1. The van der Waals surface area contributed by atoms with E-state index in [0.717, 1.165) is 29.1 Å². The van der Waals surface area contributed by atoms with Crippen molar-refractivity contribution in [2.75, 3.05) is 11.4 Å². The van der Waals surface area contributed by atoms with Gasteiger partial charge in [-0.25, -0.2) is 4.98 Å². The molecule has 4 heteroatoms. The highest BCUT2D eigenvalue weighted by atomic mass is 16.2. The number of carbonyl (C=O) groups is 1. The van der Waals surface area contributed by atoms with Crippen molar-refractivity contribution in [2.24, 2.45) is 0 Å². The van der Waals surface area contributed by atoms with Gasteiger partial charge in [0.15, 0.2) is 0 Å². The first-order valence-electron chi connectivity index (χ1n) is 11.0. The van der Waals surface area contributed by atoms with Crippen molar-refractivity contribution in [1.29, 1.82) is 0 Å². The monoisotopic (exact) mass is 417 g/mol. The van der Waals surface area contributed by atoms with Crippen LogP contribution >= 0.6 is 0 Å². The van der Waals surface area contributed by atoms with E-state index in [1.165, 1.54) is 16.3 Å². The van der Waals surface area contributed by atoms with Crippen molar-refractivity contribution in [2.45, 2.75) is 18.9 Å². The molecular weight excluding hydrogens is 394 g/mol. The summed E-state index contributed by atoms with van der Waals surface area (Å²) >= 11 is 0. The fraction of sp³-hybridized carbons (Fsp3) is 0.143. The molecule has 4 nitrogen and oxygen atoms in total. The van der Waals surface area contributed by atoms with Gasteiger partial charge in [0.05, 0.1) is 11.0 Å². The number of carbonyl (C=O) groups excluding carboxylic acids is 1. The fourth-order valence-corrected chi connectivity index (χ4v) is 4.91. The molecule has 0 bridgehead atoms. The minimum absolute atomic E-state index is 0.0603. The highest BCUT2D eigenvalue weighted by molar-refractivity contribution is 5.96. The Hall–Kier alpha value is -3.92. The lowest BCUT2D eigenvalue weighted by molar-refractivity contribution is -0.117. The van der Waals surface area contributed by atoms with Crippen LogP contribution in [0.4, 0.5) is 5.69 Å². The van der Waals surface area contributed by atoms with Crippen LogP contribution in [-0.2, 0) is 11.3 Å². The summed E-state index contributed by atoms with van der Waals surface area (Å²) in [4.78, 5) is 19.8. The van der Waals surface area contributed by atoms with E-state index in [1.807, 2.05) is 41.3 Å². The lowest BCUT2D eigenvalue weighted by Crippen LogP contribution is -2.24. The van der Waals surface area contributed by atoms with Crippen molar-refractivity contribution < 1.29 is 4.79 Å². The number of aromatic nitrogens is 2. The van der Waals surface area contributed by atoms with Crippen LogP contribution < -0.4 is 4.90 Å². The van der Waals surface area contributed by atoms with Crippen LogP contribution in [0.2, 0.25) is 0 Å². The topological polar surface area (TPSA) is 38.1 Å². The fourth-order valence-electron chi connectivity index (χ4n) is 4.91. The molecule has 32 heavy (non-hydrogen) atoms. The summed E-state index contributed by atoms with van der Waals surface area (Å²) in [5.74, 6) is 1.21. The van der Waals surface area contributed by atoms with Crippen molar-refractivity contribution in [3.63, 3.8) is 0 Å². The van der Waals surface area contributed by atoms with E-state index in [2.05, 4.69) is 65.2 Å². The van der Waals surface area contributed by atoms with Gasteiger partial charge in [0.1, 0.15) is 5.82 Å². The van der Waals surface area contributed by atoms with Gasteiger partial charge in [-0.2, -0.15) is 0 Å². The maximum absolute atomic E-state index is 12.9. The van der Waals surface area contributed by atoms with Crippen LogP contribution in [0.15, 0.2) is 97.1 Å². The summed E-state index contributed by atoms with van der Waals surface area (Å²) < 4.78 is 2.31. The van der Waals surface area contributed by atoms with Gasteiger partial charge >= 0.3 is 0 Å². The number of hydrogen-bond acceptors (Lipinski definition) is 2. The highest BCUT2D eigenvalue weighted by Gasteiger charge is 2.34. The summed E-state index contributed by atoms with van der Waals surface area (Å²) in [6, 6.07) is 33.2. The number of benzene rings is 4. The highest BCUT2D eigenvalue weighted by Crippen LogP contribution is 2.34. The molecule has 0 saturated carbocycles. The molecule has 5 aromatic rings. The molecule has 156 valence electrons. The second kappa shape index (κ2) is 7.65. The standard InChI is InChI=1S/C28H23N3O/c32-27-17-22(19-30(27)23-12-2-1-3-13-23)28-29-25-15-6-7-16-26(25)31(28)18-21-11-8-10-20-9-4-5-14-24(20)21/h1-16,22H,17-19H2/t22-/m1/s1. The first-order valence-corrected chi connectivity index (χ1v) is 11.0. The van der Waals surface area contributed by atoms with Gasteiger partial charge < -0.3 is 9.47 Å². The van der Waals surface area contributed by atoms with Gasteiger partial charge in [0.2, 0.25) is 5.91 Å². The first kappa shape index (κ1) is 18.8. The predicted molar refractivity (Wildman–Crippen MR) is 129 cm³/mol. The van der Waals surface area contributed by atoms with E-state index in [1.54, 1.807) is 0 Å². The molecule has 1 aliphatic rings. The summed E-state index contributed by atoms with van der Waals surface area (Å²) in [5.41, 5.74) is 4.31. The lowest BCUT2D eigenvalue weighted by Gasteiger charge is -2.18. The molecule has 0 aliphatic carbocycles. The molecular formula is C28H23N3O. The van der Waals surface area contributed by atoms with Crippen LogP contribution in [0.3, 0.4) is 0 Å². The Labute approximate surface area is 186 Å². The van der Waals surface area contributed by atoms with Gasteiger partial charge in [-0.3, -0.25) is 4.79 Å². The van der Waals surface area contributed by atoms with Gasteiger partial charge in [-0.15, -0.1) is 0 Å². The average Bonchev–Trinajstić information content (AvgIpc) is 3.40. The Morgan fingerprint density at radius 1 is 0.812 bits per heavy atom. The maximum Gasteiger partial charge on any atom is 0.227 e. The third-order valence-electron chi connectivity index (χ3n) is 6.45.